The van der Waals surface area contributed by atoms with Gasteiger partial charge in [-0.2, -0.15) is 5.10 Å². The number of carbonyl (C=O) groups is 1. The first-order valence-corrected chi connectivity index (χ1v) is 9.00. The Balaban J connectivity index is 1.55. The minimum atomic E-state index is -0.212. The van der Waals surface area contributed by atoms with Gasteiger partial charge >= 0.3 is 0 Å². The molecular weight excluding hydrogens is 356 g/mol. The first-order valence-electron chi connectivity index (χ1n) is 7.74. The maximum Gasteiger partial charge on any atom is 0.237 e. The van der Waals surface area contributed by atoms with Crippen LogP contribution in [-0.2, 0) is 11.3 Å². The standard InChI is InChI=1S/C18H17ClN4OS/c1-13(25-17-8-4-15(19)5-9-17)18(24)22-16-6-2-14(3-7-16)10-23-12-20-11-21-23/h2-9,11-13H,10H2,1H3,(H,22,24). The summed E-state index contributed by atoms with van der Waals surface area (Å²) in [7, 11) is 0. The van der Waals surface area contributed by atoms with Crippen molar-refractivity contribution in [3.63, 3.8) is 0 Å². The molecule has 0 saturated carbocycles. The van der Waals surface area contributed by atoms with Gasteiger partial charge in [0.2, 0.25) is 5.91 Å². The molecule has 7 heteroatoms. The number of nitrogens with one attached hydrogen (secondary N) is 1. The van der Waals surface area contributed by atoms with Gasteiger partial charge in [-0.15, -0.1) is 11.8 Å². The maximum absolute atomic E-state index is 12.3. The summed E-state index contributed by atoms with van der Waals surface area (Å²) in [5.74, 6) is -0.0380. The predicted octanol–water partition coefficient (Wildman–Crippen LogP) is 4.10. The van der Waals surface area contributed by atoms with Gasteiger partial charge in [-0.05, 0) is 48.9 Å². The van der Waals surface area contributed by atoms with E-state index in [1.807, 2.05) is 55.5 Å². The van der Waals surface area contributed by atoms with Crippen molar-refractivity contribution in [1.29, 1.82) is 0 Å². The Kier molecular flexibility index (Phi) is 5.73. The van der Waals surface area contributed by atoms with Gasteiger partial charge in [-0.25, -0.2) is 9.67 Å². The van der Waals surface area contributed by atoms with Crippen LogP contribution in [0.5, 0.6) is 0 Å². The lowest BCUT2D eigenvalue weighted by molar-refractivity contribution is -0.115. The number of rotatable bonds is 6. The Hall–Kier alpha value is -2.31. The lowest BCUT2D eigenvalue weighted by Gasteiger charge is -2.12. The highest BCUT2D eigenvalue weighted by Gasteiger charge is 2.14. The van der Waals surface area contributed by atoms with Gasteiger partial charge in [-0.1, -0.05) is 23.7 Å². The highest BCUT2D eigenvalue weighted by molar-refractivity contribution is 8.00. The number of hydrogen-bond acceptors (Lipinski definition) is 4. The summed E-state index contributed by atoms with van der Waals surface area (Å²) in [6, 6.07) is 15.2. The predicted molar refractivity (Wildman–Crippen MR) is 101 cm³/mol. The summed E-state index contributed by atoms with van der Waals surface area (Å²) < 4.78 is 1.75. The zero-order valence-electron chi connectivity index (χ0n) is 13.6. The van der Waals surface area contributed by atoms with Crippen molar-refractivity contribution in [3.8, 4) is 0 Å². The molecule has 1 N–H and O–H groups in total. The molecule has 0 aliphatic carbocycles. The molecule has 0 saturated heterocycles. The van der Waals surface area contributed by atoms with Crippen molar-refractivity contribution in [1.82, 2.24) is 14.8 Å². The fourth-order valence-electron chi connectivity index (χ4n) is 2.21. The molecule has 0 aliphatic rings. The molecule has 3 rings (SSSR count). The van der Waals surface area contributed by atoms with Crippen LogP contribution in [0.25, 0.3) is 0 Å². The van der Waals surface area contributed by atoms with Crippen molar-refractivity contribution in [2.75, 3.05) is 5.32 Å². The second-order valence-corrected chi connectivity index (χ2v) is 7.34. The number of nitrogens with zero attached hydrogens (tertiary/aromatic N) is 3. The third-order valence-corrected chi connectivity index (χ3v) is 4.89. The van der Waals surface area contributed by atoms with Crippen molar-refractivity contribution >= 4 is 35.0 Å². The number of amides is 1. The highest BCUT2D eigenvalue weighted by Crippen LogP contribution is 2.25. The Labute approximate surface area is 155 Å². The molecule has 1 amide bonds. The zero-order chi connectivity index (χ0) is 17.6. The number of hydrogen-bond donors (Lipinski definition) is 1. The van der Waals surface area contributed by atoms with Gasteiger partial charge in [0.25, 0.3) is 0 Å². The van der Waals surface area contributed by atoms with E-state index in [0.717, 1.165) is 16.1 Å². The van der Waals surface area contributed by atoms with Crippen LogP contribution in [0.15, 0.2) is 66.1 Å². The Morgan fingerprint density at radius 3 is 2.56 bits per heavy atom. The molecule has 1 heterocycles. The third-order valence-electron chi connectivity index (χ3n) is 3.53. The van der Waals surface area contributed by atoms with Gasteiger partial charge in [0.1, 0.15) is 12.7 Å². The van der Waals surface area contributed by atoms with Crippen molar-refractivity contribution in [2.45, 2.75) is 23.6 Å². The minimum Gasteiger partial charge on any atom is -0.325 e. The van der Waals surface area contributed by atoms with Crippen LogP contribution in [0, 0.1) is 0 Å². The Bertz CT molecular complexity index is 819. The van der Waals surface area contributed by atoms with Crippen molar-refractivity contribution in [2.24, 2.45) is 0 Å². The molecule has 1 atom stereocenters. The summed E-state index contributed by atoms with van der Waals surface area (Å²) in [6.45, 7) is 2.53. The smallest absolute Gasteiger partial charge is 0.237 e. The minimum absolute atomic E-state index is 0.0380. The molecule has 0 spiro atoms. The average molecular weight is 373 g/mol. The lowest BCUT2D eigenvalue weighted by atomic mass is 10.2. The molecule has 128 valence electrons. The highest BCUT2D eigenvalue weighted by atomic mass is 35.5. The maximum atomic E-state index is 12.3. The zero-order valence-corrected chi connectivity index (χ0v) is 15.2. The number of thioether (sulfide) groups is 1. The Morgan fingerprint density at radius 1 is 1.20 bits per heavy atom. The van der Waals surface area contributed by atoms with Crippen LogP contribution in [-0.4, -0.2) is 25.9 Å². The number of carbonyl (C=O) groups excluding carboxylic acids is 1. The van der Waals surface area contributed by atoms with Gasteiger partial charge in [0, 0.05) is 15.6 Å². The van der Waals surface area contributed by atoms with Gasteiger partial charge in [0.05, 0.1) is 11.8 Å². The SMILES string of the molecule is CC(Sc1ccc(Cl)cc1)C(=O)Nc1ccc(Cn2cncn2)cc1. The van der Waals surface area contributed by atoms with Crippen molar-refractivity contribution in [3.05, 3.63) is 71.8 Å². The van der Waals surface area contributed by atoms with E-state index in [0.29, 0.717) is 11.6 Å². The summed E-state index contributed by atoms with van der Waals surface area (Å²) in [5.41, 5.74) is 1.86. The monoisotopic (exact) mass is 372 g/mol. The summed E-state index contributed by atoms with van der Waals surface area (Å²) in [4.78, 5) is 17.3. The topological polar surface area (TPSA) is 59.8 Å². The Morgan fingerprint density at radius 2 is 1.92 bits per heavy atom. The number of benzene rings is 2. The van der Waals surface area contributed by atoms with Crippen LogP contribution in [0.3, 0.4) is 0 Å². The fourth-order valence-corrected chi connectivity index (χ4v) is 3.20. The summed E-state index contributed by atoms with van der Waals surface area (Å²) in [5, 5.41) is 7.49. The van der Waals surface area contributed by atoms with Crippen LogP contribution in [0.1, 0.15) is 12.5 Å². The molecule has 0 aliphatic heterocycles. The molecule has 1 unspecified atom stereocenters. The first kappa shape index (κ1) is 17.5. The first-order chi connectivity index (χ1) is 12.1. The van der Waals surface area contributed by atoms with E-state index in [4.69, 9.17) is 11.6 Å². The molecule has 0 fully saturated rings. The van der Waals surface area contributed by atoms with E-state index < -0.39 is 0 Å². The van der Waals surface area contributed by atoms with Crippen LogP contribution in [0.4, 0.5) is 5.69 Å². The van der Waals surface area contributed by atoms with Crippen LogP contribution < -0.4 is 5.32 Å². The molecule has 0 bridgehead atoms. The summed E-state index contributed by atoms with van der Waals surface area (Å²) >= 11 is 7.37. The second-order valence-electron chi connectivity index (χ2n) is 5.49. The fraction of sp³-hybridized carbons (Fsp3) is 0.167. The second kappa shape index (κ2) is 8.18. The third kappa shape index (κ3) is 5.08. The molecule has 1 aromatic heterocycles. The van der Waals surface area contributed by atoms with E-state index in [2.05, 4.69) is 15.4 Å². The van der Waals surface area contributed by atoms with E-state index in [9.17, 15) is 4.79 Å². The average Bonchev–Trinajstić information content (AvgIpc) is 3.11. The van der Waals surface area contributed by atoms with E-state index in [1.54, 1.807) is 11.0 Å². The number of aromatic nitrogens is 3. The molecule has 3 aromatic rings. The number of anilines is 1. The van der Waals surface area contributed by atoms with Gasteiger partial charge in [0.15, 0.2) is 0 Å². The largest absolute Gasteiger partial charge is 0.325 e. The number of halogens is 1. The lowest BCUT2D eigenvalue weighted by Crippen LogP contribution is -2.22. The van der Waals surface area contributed by atoms with Crippen LogP contribution >= 0.6 is 23.4 Å². The van der Waals surface area contributed by atoms with Gasteiger partial charge < -0.3 is 5.32 Å². The van der Waals surface area contributed by atoms with Crippen LogP contribution in [0.2, 0.25) is 5.02 Å². The van der Waals surface area contributed by atoms with E-state index in [-0.39, 0.29) is 11.2 Å². The molecule has 2 aromatic carbocycles. The molecular formula is C18H17ClN4OS. The quantitative estimate of drug-likeness (QED) is 0.662. The van der Waals surface area contributed by atoms with E-state index >= 15 is 0 Å². The normalized spacial score (nSPS) is 11.9. The van der Waals surface area contributed by atoms with Gasteiger partial charge in [-0.3, -0.25) is 4.79 Å². The van der Waals surface area contributed by atoms with E-state index in [1.165, 1.54) is 18.1 Å². The molecule has 25 heavy (non-hydrogen) atoms. The van der Waals surface area contributed by atoms with Crippen molar-refractivity contribution < 1.29 is 4.79 Å². The molecule has 5 nitrogen and oxygen atoms in total. The molecule has 0 radical (unpaired) electrons. The summed E-state index contributed by atoms with van der Waals surface area (Å²) in [6.07, 6.45) is 3.18.